The molecule has 148 valence electrons. The van der Waals surface area contributed by atoms with E-state index < -0.39 is 18.5 Å². The van der Waals surface area contributed by atoms with Crippen LogP contribution >= 0.6 is 11.6 Å². The van der Waals surface area contributed by atoms with Crippen molar-refractivity contribution in [2.24, 2.45) is 0 Å². The number of benzene rings is 2. The van der Waals surface area contributed by atoms with Crippen LogP contribution in [-0.2, 0) is 14.3 Å². The summed E-state index contributed by atoms with van der Waals surface area (Å²) in [5.41, 5.74) is 1.77. The number of ether oxygens (including phenoxy) is 2. The van der Waals surface area contributed by atoms with Crippen LogP contribution in [0.2, 0.25) is 5.02 Å². The minimum absolute atomic E-state index is 0.0650. The molecule has 28 heavy (non-hydrogen) atoms. The second kappa shape index (κ2) is 10.3. The van der Waals surface area contributed by atoms with Gasteiger partial charge >= 0.3 is 5.97 Å². The lowest BCUT2D eigenvalue weighted by molar-refractivity contribution is -0.147. The van der Waals surface area contributed by atoms with Gasteiger partial charge in [0.15, 0.2) is 6.61 Å². The highest BCUT2D eigenvalue weighted by Gasteiger charge is 2.13. The lowest BCUT2D eigenvalue weighted by Crippen LogP contribution is -2.28. The van der Waals surface area contributed by atoms with Gasteiger partial charge in [0.2, 0.25) is 0 Å². The van der Waals surface area contributed by atoms with E-state index in [1.807, 2.05) is 6.92 Å². The van der Waals surface area contributed by atoms with Gasteiger partial charge in [0.05, 0.1) is 19.1 Å². The largest absolute Gasteiger partial charge is 0.496 e. The molecule has 0 radical (unpaired) electrons. The highest BCUT2D eigenvalue weighted by molar-refractivity contribution is 6.31. The second-order valence-corrected chi connectivity index (χ2v) is 6.29. The summed E-state index contributed by atoms with van der Waals surface area (Å²) in [6.07, 6.45) is -0.0650. The highest BCUT2D eigenvalue weighted by Crippen LogP contribution is 2.20. The number of methoxy groups -OCH3 is 1. The molecule has 0 saturated heterocycles. The van der Waals surface area contributed by atoms with Gasteiger partial charge in [0.1, 0.15) is 5.75 Å². The maximum atomic E-state index is 12.1. The topological polar surface area (TPSA) is 93.7 Å². The first-order valence-corrected chi connectivity index (χ1v) is 8.91. The maximum Gasteiger partial charge on any atom is 0.308 e. The number of nitrogens with one attached hydrogen (secondary N) is 2. The molecular formula is C20H21ClN2O5. The van der Waals surface area contributed by atoms with Gasteiger partial charge in [0, 0.05) is 17.3 Å². The van der Waals surface area contributed by atoms with E-state index in [2.05, 4.69) is 10.6 Å². The lowest BCUT2D eigenvalue weighted by atomic mass is 10.2. The molecule has 0 aliphatic rings. The Morgan fingerprint density at radius 2 is 1.86 bits per heavy atom. The molecule has 0 atom stereocenters. The van der Waals surface area contributed by atoms with E-state index in [0.717, 1.165) is 5.56 Å². The van der Waals surface area contributed by atoms with Crippen molar-refractivity contribution in [3.8, 4) is 5.75 Å². The van der Waals surface area contributed by atoms with E-state index in [4.69, 9.17) is 21.1 Å². The average molecular weight is 405 g/mol. The van der Waals surface area contributed by atoms with Crippen LogP contribution in [0.4, 0.5) is 5.69 Å². The van der Waals surface area contributed by atoms with Gasteiger partial charge in [-0.1, -0.05) is 29.8 Å². The summed E-state index contributed by atoms with van der Waals surface area (Å²) in [5, 5.41) is 5.73. The van der Waals surface area contributed by atoms with Crippen molar-refractivity contribution in [3.63, 3.8) is 0 Å². The van der Waals surface area contributed by atoms with Crippen molar-refractivity contribution >= 4 is 35.1 Å². The van der Waals surface area contributed by atoms with Gasteiger partial charge in [-0.25, -0.2) is 0 Å². The first-order valence-electron chi connectivity index (χ1n) is 8.53. The Morgan fingerprint density at radius 1 is 1.11 bits per heavy atom. The van der Waals surface area contributed by atoms with E-state index in [0.29, 0.717) is 22.0 Å². The van der Waals surface area contributed by atoms with Gasteiger partial charge in [-0.2, -0.15) is 0 Å². The fourth-order valence-corrected chi connectivity index (χ4v) is 2.47. The van der Waals surface area contributed by atoms with Gasteiger partial charge < -0.3 is 20.1 Å². The molecule has 2 aromatic carbocycles. The van der Waals surface area contributed by atoms with Gasteiger partial charge in [-0.3, -0.25) is 14.4 Å². The molecule has 2 N–H and O–H groups in total. The number of para-hydroxylation sites is 1. The van der Waals surface area contributed by atoms with Crippen molar-refractivity contribution in [2.45, 2.75) is 13.3 Å². The minimum Gasteiger partial charge on any atom is -0.496 e. The second-order valence-electron chi connectivity index (χ2n) is 5.88. The number of halogens is 1. The molecule has 0 spiro atoms. The zero-order chi connectivity index (χ0) is 20.5. The van der Waals surface area contributed by atoms with E-state index >= 15 is 0 Å². The average Bonchev–Trinajstić information content (AvgIpc) is 2.69. The van der Waals surface area contributed by atoms with Crippen molar-refractivity contribution < 1.29 is 23.9 Å². The third-order valence-electron chi connectivity index (χ3n) is 3.79. The molecular weight excluding hydrogens is 384 g/mol. The predicted octanol–water partition coefficient (Wildman–Crippen LogP) is 2.96. The Labute approximate surface area is 168 Å². The summed E-state index contributed by atoms with van der Waals surface area (Å²) in [6, 6.07) is 11.8. The molecule has 0 saturated carbocycles. The van der Waals surface area contributed by atoms with E-state index in [1.165, 1.54) is 7.11 Å². The number of carbonyl (C=O) groups is 3. The number of esters is 1. The lowest BCUT2D eigenvalue weighted by Gasteiger charge is -2.09. The molecule has 2 aromatic rings. The minimum atomic E-state index is -0.600. The van der Waals surface area contributed by atoms with Crippen LogP contribution in [0.1, 0.15) is 22.3 Å². The summed E-state index contributed by atoms with van der Waals surface area (Å²) in [4.78, 5) is 35.7. The summed E-state index contributed by atoms with van der Waals surface area (Å²) in [5.74, 6) is -1.00. The molecule has 0 aliphatic heterocycles. The number of hydrogen-bond acceptors (Lipinski definition) is 5. The predicted molar refractivity (Wildman–Crippen MR) is 106 cm³/mol. The summed E-state index contributed by atoms with van der Waals surface area (Å²) < 4.78 is 10.0. The molecule has 8 heteroatoms. The quantitative estimate of drug-likeness (QED) is 0.660. The molecule has 0 aromatic heterocycles. The molecule has 2 amide bonds. The number of rotatable bonds is 8. The normalized spacial score (nSPS) is 10.1. The molecule has 0 fully saturated rings. The number of aryl methyl sites for hydroxylation is 1. The molecule has 0 bridgehead atoms. The molecule has 7 nitrogen and oxygen atoms in total. The number of amides is 2. The maximum absolute atomic E-state index is 12.1. The first kappa shape index (κ1) is 21.2. The summed E-state index contributed by atoms with van der Waals surface area (Å²) in [7, 11) is 1.47. The van der Waals surface area contributed by atoms with Gasteiger partial charge in [0.25, 0.3) is 11.8 Å². The zero-order valence-corrected chi connectivity index (χ0v) is 16.3. The molecule has 2 rings (SSSR count). The fraction of sp³-hybridized carbons (Fsp3) is 0.250. The third kappa shape index (κ3) is 6.28. The van der Waals surface area contributed by atoms with Crippen LogP contribution in [0, 0.1) is 6.92 Å². The number of carbonyl (C=O) groups excluding carboxylic acids is 3. The van der Waals surface area contributed by atoms with Crippen LogP contribution in [0.25, 0.3) is 0 Å². The van der Waals surface area contributed by atoms with Crippen molar-refractivity contribution in [2.75, 3.05) is 25.6 Å². The zero-order valence-electron chi connectivity index (χ0n) is 15.6. The molecule has 0 heterocycles. The summed E-state index contributed by atoms with van der Waals surface area (Å²) in [6.45, 7) is 1.50. The first-order chi connectivity index (χ1) is 13.4. The Morgan fingerprint density at radius 3 is 2.57 bits per heavy atom. The van der Waals surface area contributed by atoms with Gasteiger partial charge in [-0.15, -0.1) is 0 Å². The Balaban J connectivity index is 1.71. The van der Waals surface area contributed by atoms with E-state index in [-0.39, 0.29) is 18.9 Å². The van der Waals surface area contributed by atoms with Crippen molar-refractivity contribution in [1.29, 1.82) is 0 Å². The van der Waals surface area contributed by atoms with Crippen molar-refractivity contribution in [1.82, 2.24) is 5.32 Å². The van der Waals surface area contributed by atoms with Crippen LogP contribution in [0.5, 0.6) is 5.75 Å². The SMILES string of the molecule is COc1ccccc1C(=O)NCCC(=O)OCC(=O)Nc1ccc(C)c(Cl)c1. The van der Waals surface area contributed by atoms with Gasteiger partial charge in [-0.05, 0) is 36.8 Å². The Kier molecular flexibility index (Phi) is 7.83. The summed E-state index contributed by atoms with van der Waals surface area (Å²) >= 11 is 5.99. The third-order valence-corrected chi connectivity index (χ3v) is 4.19. The van der Waals surface area contributed by atoms with Crippen LogP contribution in [0.15, 0.2) is 42.5 Å². The molecule has 0 unspecified atom stereocenters. The Hall–Kier alpha value is -3.06. The van der Waals surface area contributed by atoms with Crippen molar-refractivity contribution in [3.05, 3.63) is 58.6 Å². The number of anilines is 1. The number of hydrogen-bond donors (Lipinski definition) is 2. The fourth-order valence-electron chi connectivity index (χ4n) is 2.29. The highest BCUT2D eigenvalue weighted by atomic mass is 35.5. The Bertz CT molecular complexity index is 869. The van der Waals surface area contributed by atoms with E-state index in [9.17, 15) is 14.4 Å². The van der Waals surface area contributed by atoms with Crippen LogP contribution < -0.4 is 15.4 Å². The smallest absolute Gasteiger partial charge is 0.308 e. The van der Waals surface area contributed by atoms with Crippen LogP contribution in [-0.4, -0.2) is 38.0 Å². The van der Waals surface area contributed by atoms with E-state index in [1.54, 1.807) is 42.5 Å². The standard InChI is InChI=1S/C20H21ClN2O5/c1-13-7-8-14(11-16(13)21)23-18(24)12-28-19(25)9-10-22-20(26)15-5-3-4-6-17(15)27-2/h3-8,11H,9-10,12H2,1-2H3,(H,22,26)(H,23,24). The van der Waals surface area contributed by atoms with Crippen LogP contribution in [0.3, 0.4) is 0 Å². The monoisotopic (exact) mass is 404 g/mol. The molecule has 0 aliphatic carbocycles.